The Morgan fingerprint density at radius 1 is 1.11 bits per heavy atom. The highest BCUT2D eigenvalue weighted by Gasteiger charge is 2.28. The van der Waals surface area contributed by atoms with Gasteiger partial charge in [-0.2, -0.15) is 0 Å². The third kappa shape index (κ3) is 8.24. The van der Waals surface area contributed by atoms with Crippen LogP contribution >= 0.6 is 0 Å². The fourth-order valence-electron chi connectivity index (χ4n) is 4.43. The minimum absolute atomic E-state index is 0.134. The molecule has 1 N–H and O–H groups in total. The summed E-state index contributed by atoms with van der Waals surface area (Å²) < 4.78 is 28.0. The number of amides is 1. The fourth-order valence-corrected chi connectivity index (χ4v) is 4.43. The van der Waals surface area contributed by atoms with Gasteiger partial charge >= 0.3 is 0 Å². The van der Waals surface area contributed by atoms with Gasteiger partial charge in [-0.15, -0.1) is 0 Å². The van der Waals surface area contributed by atoms with Gasteiger partial charge in [0.25, 0.3) is 5.91 Å². The second-order valence-electron chi connectivity index (χ2n) is 9.55. The van der Waals surface area contributed by atoms with Crippen LogP contribution in [0, 0.1) is 5.92 Å². The van der Waals surface area contributed by atoms with E-state index in [1.54, 1.807) is 12.1 Å². The zero-order valence-electron chi connectivity index (χ0n) is 22.5. The summed E-state index contributed by atoms with van der Waals surface area (Å²) in [6, 6.07) is 12.8. The van der Waals surface area contributed by atoms with Crippen molar-refractivity contribution in [2.45, 2.75) is 26.1 Å². The van der Waals surface area contributed by atoms with Gasteiger partial charge in [0.2, 0.25) is 5.75 Å². The zero-order chi connectivity index (χ0) is 26.8. The quantitative estimate of drug-likeness (QED) is 0.435. The lowest BCUT2D eigenvalue weighted by Crippen LogP contribution is -2.51. The molecule has 1 fully saturated rings. The smallest absolute Gasteiger partial charge is 0.254 e. The highest BCUT2D eigenvalue weighted by Crippen LogP contribution is 2.38. The Bertz CT molecular complexity index is 961. The first-order valence-corrected chi connectivity index (χ1v) is 12.6. The Kier molecular flexibility index (Phi) is 10.9. The molecule has 1 saturated heterocycles. The second-order valence-corrected chi connectivity index (χ2v) is 9.55. The van der Waals surface area contributed by atoms with Crippen LogP contribution in [0.5, 0.6) is 23.0 Å². The van der Waals surface area contributed by atoms with Gasteiger partial charge in [0.05, 0.1) is 34.0 Å². The van der Waals surface area contributed by atoms with Crippen molar-refractivity contribution < 1.29 is 33.6 Å². The summed E-state index contributed by atoms with van der Waals surface area (Å²) in [5.74, 6) is 2.17. The summed E-state index contributed by atoms with van der Waals surface area (Å²) in [7, 11) is 4.59. The molecular formula is C28H40N2O7. The van der Waals surface area contributed by atoms with E-state index in [-0.39, 0.29) is 24.5 Å². The first-order chi connectivity index (χ1) is 17.8. The number of ether oxygens (including phenoxy) is 5. The summed E-state index contributed by atoms with van der Waals surface area (Å²) in [6.45, 7) is 7.69. The van der Waals surface area contributed by atoms with E-state index in [1.807, 2.05) is 35.2 Å². The van der Waals surface area contributed by atoms with Crippen LogP contribution < -0.4 is 18.9 Å². The molecule has 1 aliphatic heterocycles. The summed E-state index contributed by atoms with van der Waals surface area (Å²) in [5, 5.41) is 10.5. The summed E-state index contributed by atoms with van der Waals surface area (Å²) in [4.78, 5) is 17.6. The molecule has 204 valence electrons. The largest absolute Gasteiger partial charge is 0.493 e. The number of aliphatic hydroxyl groups excluding tert-OH is 1. The molecule has 2 aromatic rings. The van der Waals surface area contributed by atoms with Crippen molar-refractivity contribution >= 4 is 5.91 Å². The monoisotopic (exact) mass is 516 g/mol. The third-order valence-electron chi connectivity index (χ3n) is 6.09. The molecule has 9 nitrogen and oxygen atoms in total. The van der Waals surface area contributed by atoms with E-state index in [2.05, 4.69) is 18.7 Å². The highest BCUT2D eigenvalue weighted by molar-refractivity contribution is 5.95. The van der Waals surface area contributed by atoms with Crippen molar-refractivity contribution in [2.75, 3.05) is 67.3 Å². The maximum Gasteiger partial charge on any atom is 0.254 e. The molecule has 1 aliphatic rings. The summed E-state index contributed by atoms with van der Waals surface area (Å²) >= 11 is 0. The number of hydrogen-bond acceptors (Lipinski definition) is 8. The van der Waals surface area contributed by atoms with Gasteiger partial charge in [-0.25, -0.2) is 0 Å². The number of rotatable bonds is 13. The number of carbonyl (C=O) groups is 1. The van der Waals surface area contributed by atoms with Gasteiger partial charge < -0.3 is 33.7 Å². The van der Waals surface area contributed by atoms with Crippen LogP contribution in [0.25, 0.3) is 0 Å². The van der Waals surface area contributed by atoms with E-state index < -0.39 is 6.10 Å². The number of benzene rings is 2. The molecule has 9 heteroatoms. The van der Waals surface area contributed by atoms with E-state index in [1.165, 1.54) is 21.3 Å². The topological polar surface area (TPSA) is 89.9 Å². The Morgan fingerprint density at radius 2 is 1.78 bits per heavy atom. The van der Waals surface area contributed by atoms with Gasteiger partial charge in [0, 0.05) is 38.3 Å². The molecule has 0 spiro atoms. The van der Waals surface area contributed by atoms with Gasteiger partial charge in [-0.1, -0.05) is 32.0 Å². The fraction of sp³-hybridized carbons (Fsp3) is 0.536. The number of morpholine rings is 1. The molecule has 37 heavy (non-hydrogen) atoms. The number of hydrogen-bond donors (Lipinski definition) is 1. The van der Waals surface area contributed by atoms with E-state index in [9.17, 15) is 9.90 Å². The molecule has 2 aromatic carbocycles. The zero-order valence-corrected chi connectivity index (χ0v) is 22.5. The standard InChI is InChI=1S/C28H40N2O7/c1-20(2)15-30(28(32)21-13-25(33-3)27(35-5)26(14-21)34-4)18-24-17-29(11-12-36-24)16-22(31)19-37-23-9-7-6-8-10-23/h6-10,13-14,20,22,24,31H,11-12,15-19H2,1-5H3/t22-,24-/m0/s1. The molecule has 0 bridgehead atoms. The van der Waals surface area contributed by atoms with Crippen molar-refractivity contribution in [2.24, 2.45) is 5.92 Å². The molecule has 0 aliphatic carbocycles. The number of nitrogens with zero attached hydrogens (tertiary/aromatic N) is 2. The average molecular weight is 517 g/mol. The SMILES string of the molecule is COc1cc(C(=O)N(CC(C)C)C[C@@H]2CN(C[C@H](O)COc3ccccc3)CCO2)cc(OC)c1OC. The number of methoxy groups -OCH3 is 3. The second kappa shape index (κ2) is 14.1. The Labute approximate surface area is 219 Å². The van der Waals surface area contributed by atoms with Crippen molar-refractivity contribution in [1.29, 1.82) is 0 Å². The predicted octanol–water partition coefficient (Wildman–Crippen LogP) is 2.95. The van der Waals surface area contributed by atoms with Crippen molar-refractivity contribution in [3.63, 3.8) is 0 Å². The van der Waals surface area contributed by atoms with Gasteiger partial charge in [-0.05, 0) is 30.2 Å². The van der Waals surface area contributed by atoms with Crippen LogP contribution in [-0.2, 0) is 4.74 Å². The molecular weight excluding hydrogens is 476 g/mol. The van der Waals surface area contributed by atoms with Crippen molar-refractivity contribution in [1.82, 2.24) is 9.80 Å². The van der Waals surface area contributed by atoms with Crippen LogP contribution in [0.4, 0.5) is 0 Å². The number of β-amino-alcohol motifs (C(OH)–C–C–N with tert-alkyl or cyclic N) is 1. The van der Waals surface area contributed by atoms with E-state index >= 15 is 0 Å². The molecule has 0 saturated carbocycles. The normalized spacial score (nSPS) is 16.8. The number of para-hydroxylation sites is 1. The minimum Gasteiger partial charge on any atom is -0.493 e. The van der Waals surface area contributed by atoms with Crippen molar-refractivity contribution in [3.05, 3.63) is 48.0 Å². The summed E-state index contributed by atoms with van der Waals surface area (Å²) in [6.07, 6.45) is -0.813. The van der Waals surface area contributed by atoms with Crippen molar-refractivity contribution in [3.8, 4) is 23.0 Å². The maximum absolute atomic E-state index is 13.6. The van der Waals surface area contributed by atoms with Crippen LogP contribution in [0.15, 0.2) is 42.5 Å². The van der Waals surface area contributed by atoms with Crippen LogP contribution in [0.2, 0.25) is 0 Å². The number of carbonyl (C=O) groups excluding carboxylic acids is 1. The Morgan fingerprint density at radius 3 is 2.38 bits per heavy atom. The Hall–Kier alpha value is -3.01. The molecule has 3 rings (SSSR count). The lowest BCUT2D eigenvalue weighted by Gasteiger charge is -2.37. The molecule has 1 heterocycles. The number of aliphatic hydroxyl groups is 1. The van der Waals surface area contributed by atoms with E-state index in [4.69, 9.17) is 23.7 Å². The molecule has 1 amide bonds. The average Bonchev–Trinajstić information content (AvgIpc) is 2.90. The lowest BCUT2D eigenvalue weighted by molar-refractivity contribution is -0.0542. The van der Waals surface area contributed by atoms with Crippen LogP contribution in [0.3, 0.4) is 0 Å². The Balaban J connectivity index is 1.64. The summed E-state index contributed by atoms with van der Waals surface area (Å²) in [5.41, 5.74) is 0.455. The third-order valence-corrected chi connectivity index (χ3v) is 6.09. The van der Waals surface area contributed by atoms with Gasteiger partial charge in [0.1, 0.15) is 18.5 Å². The van der Waals surface area contributed by atoms with E-state index in [0.29, 0.717) is 62.1 Å². The molecule has 0 aromatic heterocycles. The van der Waals surface area contributed by atoms with Crippen LogP contribution in [0.1, 0.15) is 24.2 Å². The minimum atomic E-state index is -0.633. The first kappa shape index (κ1) is 28.6. The predicted molar refractivity (Wildman–Crippen MR) is 141 cm³/mol. The van der Waals surface area contributed by atoms with Gasteiger partial charge in [0.15, 0.2) is 11.5 Å². The highest BCUT2D eigenvalue weighted by atomic mass is 16.5. The molecule has 2 atom stereocenters. The first-order valence-electron chi connectivity index (χ1n) is 12.6. The lowest BCUT2D eigenvalue weighted by atomic mass is 10.1. The van der Waals surface area contributed by atoms with E-state index in [0.717, 1.165) is 5.75 Å². The van der Waals surface area contributed by atoms with Crippen LogP contribution in [-0.4, -0.2) is 100 Å². The molecule has 0 radical (unpaired) electrons. The van der Waals surface area contributed by atoms with Gasteiger partial charge in [-0.3, -0.25) is 9.69 Å². The maximum atomic E-state index is 13.6. The molecule has 0 unspecified atom stereocenters.